The zero-order chi connectivity index (χ0) is 23.0. The maximum atomic E-state index is 13.7. The first kappa shape index (κ1) is 21.6. The predicted molar refractivity (Wildman–Crippen MR) is 123 cm³/mol. The Morgan fingerprint density at radius 2 is 1.64 bits per heavy atom. The molecule has 7 heteroatoms. The minimum absolute atomic E-state index is 0.132. The van der Waals surface area contributed by atoms with Gasteiger partial charge in [-0.1, -0.05) is 35.9 Å². The number of nitrogens with one attached hydrogen (secondary N) is 1. The third-order valence-electron chi connectivity index (χ3n) is 6.90. The molecular weight excluding hydrogens is 418 g/mol. The van der Waals surface area contributed by atoms with Crippen LogP contribution < -0.4 is 5.32 Å². The lowest BCUT2D eigenvalue weighted by Gasteiger charge is -2.44. The van der Waals surface area contributed by atoms with E-state index in [1.165, 1.54) is 0 Å². The van der Waals surface area contributed by atoms with Crippen molar-refractivity contribution in [1.82, 2.24) is 9.80 Å². The molecule has 2 aromatic rings. The first-order valence-electron chi connectivity index (χ1n) is 11.7. The van der Waals surface area contributed by atoms with Gasteiger partial charge in [0.05, 0.1) is 6.61 Å². The number of ether oxygens (including phenoxy) is 1. The maximum absolute atomic E-state index is 13.7. The van der Waals surface area contributed by atoms with Crippen molar-refractivity contribution in [2.24, 2.45) is 5.92 Å². The highest BCUT2D eigenvalue weighted by molar-refractivity contribution is 6.02. The van der Waals surface area contributed by atoms with Crippen LogP contribution in [0.1, 0.15) is 41.6 Å². The summed E-state index contributed by atoms with van der Waals surface area (Å²) >= 11 is 0. The van der Waals surface area contributed by atoms with E-state index in [-0.39, 0.29) is 30.2 Å². The van der Waals surface area contributed by atoms with Crippen molar-refractivity contribution in [2.45, 2.75) is 44.4 Å². The van der Waals surface area contributed by atoms with Crippen LogP contribution in [0.5, 0.6) is 0 Å². The Hall–Kier alpha value is -3.19. The molecule has 7 nitrogen and oxygen atoms in total. The molecule has 1 atom stereocenters. The number of piperidine rings is 1. The standard InChI is InChI=1S/C26H29N3O4/c1-18-7-11-21(12-8-18)27-23(30)22-17-33-26(29(22)25(32)19-5-3-2-4-6-19)13-15-28(16-14-26)24(31)20-9-10-20/h2-8,11-12,20,22H,9-10,13-17H2,1H3,(H,27,30). The summed E-state index contributed by atoms with van der Waals surface area (Å²) in [5.41, 5.74) is 1.42. The molecule has 172 valence electrons. The van der Waals surface area contributed by atoms with Crippen molar-refractivity contribution < 1.29 is 19.1 Å². The molecule has 2 aliphatic heterocycles. The molecule has 2 saturated heterocycles. The molecule has 3 aliphatic rings. The second-order valence-electron chi connectivity index (χ2n) is 9.27. The SMILES string of the molecule is Cc1ccc(NC(=O)C2COC3(CCN(C(=O)C4CC4)CC3)N2C(=O)c2ccccc2)cc1. The molecule has 33 heavy (non-hydrogen) atoms. The number of anilines is 1. The molecule has 0 bridgehead atoms. The van der Waals surface area contributed by atoms with E-state index in [2.05, 4.69) is 5.32 Å². The molecule has 1 unspecified atom stereocenters. The van der Waals surface area contributed by atoms with Gasteiger partial charge in [-0.25, -0.2) is 0 Å². The lowest BCUT2D eigenvalue weighted by atomic mass is 9.96. The molecule has 1 spiro atoms. The van der Waals surface area contributed by atoms with E-state index in [9.17, 15) is 14.4 Å². The van der Waals surface area contributed by atoms with Crippen molar-refractivity contribution in [3.8, 4) is 0 Å². The minimum atomic E-state index is -0.886. The Kier molecular flexibility index (Phi) is 5.66. The summed E-state index contributed by atoms with van der Waals surface area (Å²) < 4.78 is 6.24. The fourth-order valence-electron chi connectivity index (χ4n) is 4.81. The fraction of sp³-hybridized carbons (Fsp3) is 0.423. The van der Waals surface area contributed by atoms with E-state index >= 15 is 0 Å². The molecule has 1 saturated carbocycles. The van der Waals surface area contributed by atoms with E-state index in [1.807, 2.05) is 54.3 Å². The number of hydrogen-bond donors (Lipinski definition) is 1. The largest absolute Gasteiger partial charge is 0.353 e. The highest BCUT2D eigenvalue weighted by Crippen LogP contribution is 2.40. The zero-order valence-corrected chi connectivity index (χ0v) is 18.8. The Labute approximate surface area is 193 Å². The lowest BCUT2D eigenvalue weighted by molar-refractivity contribution is -0.144. The smallest absolute Gasteiger partial charge is 0.256 e. The monoisotopic (exact) mass is 447 g/mol. The van der Waals surface area contributed by atoms with Gasteiger partial charge in [0.2, 0.25) is 11.8 Å². The van der Waals surface area contributed by atoms with Crippen LogP contribution in [0.3, 0.4) is 0 Å². The molecule has 0 radical (unpaired) electrons. The summed E-state index contributed by atoms with van der Waals surface area (Å²) in [6, 6.07) is 15.8. The first-order chi connectivity index (χ1) is 16.0. The maximum Gasteiger partial charge on any atom is 0.256 e. The van der Waals surface area contributed by atoms with Crippen molar-refractivity contribution in [1.29, 1.82) is 0 Å². The average molecular weight is 448 g/mol. The number of carbonyl (C=O) groups is 3. The number of carbonyl (C=O) groups excluding carboxylic acids is 3. The van der Waals surface area contributed by atoms with Gasteiger partial charge < -0.3 is 15.0 Å². The van der Waals surface area contributed by atoms with Gasteiger partial charge in [0, 0.05) is 43.1 Å². The molecule has 5 rings (SSSR count). The summed E-state index contributed by atoms with van der Waals surface area (Å²) in [4.78, 5) is 43.0. The van der Waals surface area contributed by atoms with E-state index in [1.54, 1.807) is 17.0 Å². The van der Waals surface area contributed by atoms with Crippen LogP contribution in [0, 0.1) is 12.8 Å². The van der Waals surface area contributed by atoms with Crippen LogP contribution in [0.4, 0.5) is 5.69 Å². The number of rotatable bonds is 4. The molecule has 1 aliphatic carbocycles. The predicted octanol–water partition coefficient (Wildman–Crippen LogP) is 3.20. The van der Waals surface area contributed by atoms with Gasteiger partial charge in [-0.15, -0.1) is 0 Å². The minimum Gasteiger partial charge on any atom is -0.353 e. The zero-order valence-electron chi connectivity index (χ0n) is 18.8. The quantitative estimate of drug-likeness (QED) is 0.781. The number of hydrogen-bond acceptors (Lipinski definition) is 4. The van der Waals surface area contributed by atoms with Crippen LogP contribution in [-0.2, 0) is 14.3 Å². The fourth-order valence-corrected chi connectivity index (χ4v) is 4.81. The van der Waals surface area contributed by atoms with Crippen LogP contribution in [-0.4, -0.2) is 59.0 Å². The van der Waals surface area contributed by atoms with Crippen molar-refractivity contribution in [2.75, 3.05) is 25.0 Å². The van der Waals surface area contributed by atoms with Crippen LogP contribution in [0.2, 0.25) is 0 Å². The van der Waals surface area contributed by atoms with E-state index in [0.29, 0.717) is 37.2 Å². The summed E-state index contributed by atoms with van der Waals surface area (Å²) in [7, 11) is 0. The van der Waals surface area contributed by atoms with Crippen LogP contribution in [0.15, 0.2) is 54.6 Å². The second kappa shape index (κ2) is 8.63. The van der Waals surface area contributed by atoms with Gasteiger partial charge in [0.15, 0.2) is 0 Å². The summed E-state index contributed by atoms with van der Waals surface area (Å²) in [5, 5.41) is 2.94. The molecule has 1 N–H and O–H groups in total. The highest BCUT2D eigenvalue weighted by Gasteiger charge is 2.54. The number of benzene rings is 2. The van der Waals surface area contributed by atoms with Crippen molar-refractivity contribution in [3.05, 3.63) is 65.7 Å². The van der Waals surface area contributed by atoms with Gasteiger partial charge in [0.1, 0.15) is 11.8 Å². The Morgan fingerprint density at radius 1 is 0.970 bits per heavy atom. The third kappa shape index (κ3) is 4.25. The van der Waals surface area contributed by atoms with Gasteiger partial charge >= 0.3 is 0 Å². The van der Waals surface area contributed by atoms with Crippen molar-refractivity contribution in [3.63, 3.8) is 0 Å². The normalized spacial score (nSPS) is 21.8. The summed E-state index contributed by atoms with van der Waals surface area (Å²) in [5.74, 6) is -0.119. The van der Waals surface area contributed by atoms with Crippen LogP contribution in [0.25, 0.3) is 0 Å². The number of nitrogens with zero attached hydrogens (tertiary/aromatic N) is 2. The van der Waals surface area contributed by atoms with Gasteiger partial charge in [-0.05, 0) is 44.0 Å². The highest BCUT2D eigenvalue weighted by atomic mass is 16.5. The lowest BCUT2D eigenvalue weighted by Crippen LogP contribution is -2.59. The van der Waals surface area contributed by atoms with Gasteiger partial charge in [-0.2, -0.15) is 0 Å². The topological polar surface area (TPSA) is 79.0 Å². The summed E-state index contributed by atoms with van der Waals surface area (Å²) in [6.45, 7) is 3.17. The van der Waals surface area contributed by atoms with Crippen molar-refractivity contribution >= 4 is 23.4 Å². The second-order valence-corrected chi connectivity index (χ2v) is 9.27. The Morgan fingerprint density at radius 3 is 2.27 bits per heavy atom. The molecular formula is C26H29N3O4. The Balaban J connectivity index is 1.39. The Bertz CT molecular complexity index is 1040. The molecule has 3 amide bonds. The molecule has 0 aromatic heterocycles. The third-order valence-corrected chi connectivity index (χ3v) is 6.90. The number of amides is 3. The average Bonchev–Trinajstić information content (AvgIpc) is 3.63. The first-order valence-corrected chi connectivity index (χ1v) is 11.7. The van der Waals surface area contributed by atoms with Crippen LogP contribution >= 0.6 is 0 Å². The molecule has 2 heterocycles. The number of aryl methyl sites for hydroxylation is 1. The van der Waals surface area contributed by atoms with Gasteiger partial charge in [0.25, 0.3) is 5.91 Å². The molecule has 3 fully saturated rings. The van der Waals surface area contributed by atoms with E-state index in [0.717, 1.165) is 18.4 Å². The number of likely N-dealkylation sites (tertiary alicyclic amines) is 1. The van der Waals surface area contributed by atoms with Gasteiger partial charge in [-0.3, -0.25) is 19.3 Å². The van der Waals surface area contributed by atoms with E-state index in [4.69, 9.17) is 4.74 Å². The van der Waals surface area contributed by atoms with E-state index < -0.39 is 11.8 Å². The molecule has 2 aromatic carbocycles. The summed E-state index contributed by atoms with van der Waals surface area (Å²) in [6.07, 6.45) is 2.93.